The van der Waals surface area contributed by atoms with Gasteiger partial charge in [0.25, 0.3) is 0 Å². The molecule has 0 aromatic heterocycles. The molecule has 71 heavy (non-hydrogen) atoms. The van der Waals surface area contributed by atoms with Crippen molar-refractivity contribution in [1.82, 2.24) is 0 Å². The quantitative estimate of drug-likeness (QED) is 0.111. The summed E-state index contributed by atoms with van der Waals surface area (Å²) in [5.41, 5.74) is 16.2. The van der Waals surface area contributed by atoms with Crippen molar-refractivity contribution in [2.24, 2.45) is 0 Å². The average Bonchev–Trinajstić information content (AvgIpc) is 3.45. The van der Waals surface area contributed by atoms with Crippen LogP contribution in [0.5, 0.6) is 0 Å². The Balaban J connectivity index is 0.825. The molecule has 338 valence electrons. The van der Waals surface area contributed by atoms with E-state index in [0.717, 1.165) is 29.9 Å². The summed E-state index contributed by atoms with van der Waals surface area (Å²) in [7, 11) is 0. The number of hydrogen-bond donors (Lipinski definition) is 0. The molecule has 0 heterocycles. The highest BCUT2D eigenvalue weighted by Gasteiger charge is 2.20. The molecule has 1 nitrogen and oxygen atoms in total. The molecule has 0 saturated heterocycles. The number of nitrogens with zero attached hydrogens (tertiary/aromatic N) is 1. The molecule has 0 N–H and O–H groups in total. The van der Waals surface area contributed by atoms with E-state index in [4.69, 9.17) is 0 Å². The minimum absolute atomic E-state index is 0.234. The van der Waals surface area contributed by atoms with Crippen molar-refractivity contribution in [3.05, 3.63) is 318 Å². The normalized spacial score (nSPS) is 12.2. The Morgan fingerprint density at radius 3 is 1.27 bits per heavy atom. The van der Waals surface area contributed by atoms with E-state index in [0.29, 0.717) is 0 Å². The van der Waals surface area contributed by atoms with Gasteiger partial charge in [-0.2, -0.15) is 0 Å². The van der Waals surface area contributed by atoms with Gasteiger partial charge in [0.2, 0.25) is 0 Å². The number of fused-ring (bicyclic) bond motifs is 3. The molecule has 0 aliphatic carbocycles. The first-order valence-electron chi connectivity index (χ1n) is 24.9. The largest absolute Gasteiger partial charge is 0.310 e. The molecule has 1 heteroatoms. The van der Waals surface area contributed by atoms with Gasteiger partial charge < -0.3 is 4.90 Å². The summed E-state index contributed by atoms with van der Waals surface area (Å²) in [4.78, 5) is 2.40. The van der Waals surface area contributed by atoms with Gasteiger partial charge in [0, 0.05) is 28.6 Å². The number of anilines is 3. The molecule has 0 aliphatic rings. The van der Waals surface area contributed by atoms with Crippen molar-refractivity contribution in [1.29, 1.82) is 0 Å². The molecule has 0 aliphatic heterocycles. The first-order valence-corrected chi connectivity index (χ1v) is 24.9. The van der Waals surface area contributed by atoms with E-state index in [1.165, 1.54) is 88.0 Å². The van der Waals surface area contributed by atoms with Crippen molar-refractivity contribution >= 4 is 49.4 Å². The maximum atomic E-state index is 2.40. The molecule has 0 saturated carbocycles. The lowest BCUT2D eigenvalue weighted by atomic mass is 9.83. The highest BCUT2D eigenvalue weighted by molar-refractivity contribution is 5.99. The summed E-state index contributed by atoms with van der Waals surface area (Å²) in [5.74, 6) is 0.476. The molecular formula is C70H53N. The number of hydrogen-bond acceptors (Lipinski definition) is 1. The van der Waals surface area contributed by atoms with Gasteiger partial charge in [0.05, 0.1) is 5.69 Å². The summed E-state index contributed by atoms with van der Waals surface area (Å²) in [6.07, 6.45) is 1.85. The van der Waals surface area contributed by atoms with Gasteiger partial charge in [-0.1, -0.05) is 255 Å². The summed E-state index contributed by atoms with van der Waals surface area (Å²) in [6.45, 7) is 0. The molecule has 0 radical (unpaired) electrons. The lowest BCUT2D eigenvalue weighted by Crippen LogP contribution is -2.10. The predicted molar refractivity (Wildman–Crippen MR) is 301 cm³/mol. The molecule has 0 spiro atoms. The number of rotatable bonds is 13. The van der Waals surface area contributed by atoms with Gasteiger partial charge in [0.15, 0.2) is 0 Å². The Morgan fingerprint density at radius 1 is 0.268 bits per heavy atom. The topological polar surface area (TPSA) is 3.24 Å². The maximum absolute atomic E-state index is 2.40. The highest BCUT2D eigenvalue weighted by atomic mass is 15.1. The van der Waals surface area contributed by atoms with Crippen LogP contribution < -0.4 is 4.90 Å². The Bertz CT molecular complexity index is 3710. The zero-order chi connectivity index (χ0) is 47.3. The van der Waals surface area contributed by atoms with Crippen LogP contribution >= 0.6 is 0 Å². The fraction of sp³-hybridized carbons (Fsp3) is 0.0571. The second kappa shape index (κ2) is 19.7. The van der Waals surface area contributed by atoms with Gasteiger partial charge in [-0.3, -0.25) is 0 Å². The van der Waals surface area contributed by atoms with Gasteiger partial charge in [-0.05, 0) is 126 Å². The third-order valence-corrected chi connectivity index (χ3v) is 14.5. The van der Waals surface area contributed by atoms with E-state index in [1.54, 1.807) is 0 Å². The number of benzene rings is 12. The summed E-state index contributed by atoms with van der Waals surface area (Å²) in [5, 5.41) is 7.64. The average molecular weight is 908 g/mol. The van der Waals surface area contributed by atoms with E-state index in [-0.39, 0.29) is 11.8 Å². The maximum Gasteiger partial charge on any atom is 0.0540 e. The van der Waals surface area contributed by atoms with Gasteiger partial charge >= 0.3 is 0 Å². The van der Waals surface area contributed by atoms with E-state index in [2.05, 4.69) is 290 Å². The fourth-order valence-corrected chi connectivity index (χ4v) is 10.9. The van der Waals surface area contributed by atoms with Gasteiger partial charge in [-0.25, -0.2) is 0 Å². The van der Waals surface area contributed by atoms with Crippen LogP contribution in [0.1, 0.15) is 45.2 Å². The van der Waals surface area contributed by atoms with Crippen molar-refractivity contribution in [3.63, 3.8) is 0 Å². The smallest absolute Gasteiger partial charge is 0.0540 e. The zero-order valence-corrected chi connectivity index (χ0v) is 39.7. The monoisotopic (exact) mass is 907 g/mol. The summed E-state index contributed by atoms with van der Waals surface area (Å²) < 4.78 is 0. The zero-order valence-electron chi connectivity index (χ0n) is 39.7. The second-order valence-electron chi connectivity index (χ2n) is 18.8. The summed E-state index contributed by atoms with van der Waals surface area (Å²) in [6, 6.07) is 105. The second-order valence-corrected chi connectivity index (χ2v) is 18.8. The van der Waals surface area contributed by atoms with Crippen molar-refractivity contribution in [3.8, 4) is 22.3 Å². The summed E-state index contributed by atoms with van der Waals surface area (Å²) >= 11 is 0. The first kappa shape index (κ1) is 43.5. The molecule has 2 unspecified atom stereocenters. The fourth-order valence-electron chi connectivity index (χ4n) is 10.9. The first-order chi connectivity index (χ1) is 35.2. The van der Waals surface area contributed by atoms with Crippen LogP contribution in [-0.4, -0.2) is 0 Å². The third kappa shape index (κ3) is 9.03. The van der Waals surface area contributed by atoms with Crippen LogP contribution in [0.4, 0.5) is 17.1 Å². The van der Waals surface area contributed by atoms with Gasteiger partial charge in [0.1, 0.15) is 0 Å². The van der Waals surface area contributed by atoms with E-state index < -0.39 is 0 Å². The van der Waals surface area contributed by atoms with Crippen LogP contribution in [-0.2, 0) is 12.8 Å². The lowest BCUT2D eigenvalue weighted by molar-refractivity contribution is 0.810. The molecule has 0 fully saturated rings. The van der Waals surface area contributed by atoms with Crippen LogP contribution in [0, 0.1) is 0 Å². The minimum Gasteiger partial charge on any atom is -0.310 e. The molecule has 12 aromatic carbocycles. The van der Waals surface area contributed by atoms with Crippen molar-refractivity contribution in [2.75, 3.05) is 4.90 Å². The van der Waals surface area contributed by atoms with E-state index >= 15 is 0 Å². The highest BCUT2D eigenvalue weighted by Crippen LogP contribution is 2.41. The van der Waals surface area contributed by atoms with Crippen LogP contribution in [0.25, 0.3) is 54.6 Å². The molecule has 0 amide bonds. The van der Waals surface area contributed by atoms with Gasteiger partial charge in [-0.15, -0.1) is 0 Å². The Morgan fingerprint density at radius 2 is 0.676 bits per heavy atom. The Labute approximate surface area is 417 Å². The molecule has 12 aromatic rings. The van der Waals surface area contributed by atoms with Crippen molar-refractivity contribution < 1.29 is 0 Å². The lowest BCUT2D eigenvalue weighted by Gasteiger charge is -2.27. The van der Waals surface area contributed by atoms with Crippen LogP contribution in [0.2, 0.25) is 0 Å². The predicted octanol–water partition coefficient (Wildman–Crippen LogP) is 18.7. The van der Waals surface area contributed by atoms with Crippen molar-refractivity contribution in [2.45, 2.75) is 24.7 Å². The molecule has 12 rings (SSSR count). The van der Waals surface area contributed by atoms with E-state index in [9.17, 15) is 0 Å². The molecular weight excluding hydrogens is 855 g/mol. The van der Waals surface area contributed by atoms with Crippen LogP contribution in [0.15, 0.2) is 285 Å². The molecule has 2 atom stereocenters. The minimum atomic E-state index is 0.234. The SMILES string of the molecule is c1ccc(C(Cc2cccc3ccccc23)c2ccc(-c3ccc(N(c4ccc(-c5ccc(CC(c6ccccc6)c6cccc7ccccc67)cc5)cc4)c4cccc5ccccc45)cc3)cc2)cc1. The molecule has 0 bridgehead atoms. The Hall–Kier alpha value is -8.78. The Kier molecular flexibility index (Phi) is 12.1. The van der Waals surface area contributed by atoms with Crippen LogP contribution in [0.3, 0.4) is 0 Å². The standard InChI is InChI=1S/C70H53N/c1-3-16-58(17-4-1)68(49-61-26-13-23-55-20-7-10-27-64(55)61)60-38-36-52(37-39-60)54-42-46-63(47-43-54)71(70-31-15-25-57-22-9-12-29-66(57)70)62-44-40-53(41-45-62)51-34-32-50(33-35-51)48-69(59-18-5-2-6-19-59)67-30-14-24-56-21-8-11-28-65(56)67/h1-47,68-69H,48-49H2. The third-order valence-electron chi connectivity index (χ3n) is 14.5. The van der Waals surface area contributed by atoms with E-state index in [1.807, 2.05) is 0 Å².